The lowest BCUT2D eigenvalue weighted by Crippen LogP contribution is -2.33. The van der Waals surface area contributed by atoms with Gasteiger partial charge in [0.15, 0.2) is 0 Å². The Labute approximate surface area is 98.6 Å². The molecule has 1 N–H and O–H groups in total. The SMILES string of the molecule is CC1CCCN(C(=O)CC2CCNC2)CC1. The number of carbonyl (C=O) groups is 1. The van der Waals surface area contributed by atoms with Gasteiger partial charge < -0.3 is 10.2 Å². The van der Waals surface area contributed by atoms with Crippen molar-refractivity contribution in [1.29, 1.82) is 0 Å². The minimum atomic E-state index is 0.391. The average Bonchev–Trinajstić information content (AvgIpc) is 2.66. The molecule has 2 saturated heterocycles. The van der Waals surface area contributed by atoms with E-state index in [2.05, 4.69) is 17.1 Å². The number of amides is 1. The van der Waals surface area contributed by atoms with E-state index in [1.807, 2.05) is 0 Å². The van der Waals surface area contributed by atoms with E-state index in [0.29, 0.717) is 11.8 Å². The summed E-state index contributed by atoms with van der Waals surface area (Å²) in [4.78, 5) is 14.2. The van der Waals surface area contributed by atoms with Crippen LogP contribution in [0, 0.1) is 11.8 Å². The van der Waals surface area contributed by atoms with Gasteiger partial charge in [0.2, 0.25) is 5.91 Å². The highest BCUT2D eigenvalue weighted by molar-refractivity contribution is 5.76. The first-order chi connectivity index (χ1) is 7.75. The van der Waals surface area contributed by atoms with E-state index in [-0.39, 0.29) is 0 Å². The molecule has 2 rings (SSSR count). The quantitative estimate of drug-likeness (QED) is 0.773. The average molecular weight is 224 g/mol. The summed E-state index contributed by atoms with van der Waals surface area (Å²) in [6.45, 7) is 6.41. The first-order valence-electron chi connectivity index (χ1n) is 6.74. The normalized spacial score (nSPS) is 31.4. The fourth-order valence-corrected chi connectivity index (χ4v) is 2.78. The molecule has 2 atom stereocenters. The van der Waals surface area contributed by atoms with E-state index in [4.69, 9.17) is 0 Å². The maximum absolute atomic E-state index is 12.1. The Kier molecular flexibility index (Phi) is 4.22. The van der Waals surface area contributed by atoms with Crippen LogP contribution in [0.25, 0.3) is 0 Å². The highest BCUT2D eigenvalue weighted by Gasteiger charge is 2.23. The summed E-state index contributed by atoms with van der Waals surface area (Å²) >= 11 is 0. The second-order valence-electron chi connectivity index (χ2n) is 5.48. The molecule has 3 nitrogen and oxygen atoms in total. The van der Waals surface area contributed by atoms with Crippen LogP contribution >= 0.6 is 0 Å². The van der Waals surface area contributed by atoms with Crippen LogP contribution in [0.4, 0.5) is 0 Å². The number of likely N-dealkylation sites (tertiary alicyclic amines) is 1. The van der Waals surface area contributed by atoms with Crippen LogP contribution in [-0.2, 0) is 4.79 Å². The molecule has 2 fully saturated rings. The third kappa shape index (κ3) is 3.21. The van der Waals surface area contributed by atoms with Crippen molar-refractivity contribution in [3.8, 4) is 0 Å². The van der Waals surface area contributed by atoms with Gasteiger partial charge in [-0.15, -0.1) is 0 Å². The first-order valence-corrected chi connectivity index (χ1v) is 6.74. The molecule has 16 heavy (non-hydrogen) atoms. The van der Waals surface area contributed by atoms with Gasteiger partial charge >= 0.3 is 0 Å². The predicted molar refractivity (Wildman–Crippen MR) is 65.2 cm³/mol. The Hall–Kier alpha value is -0.570. The van der Waals surface area contributed by atoms with Crippen molar-refractivity contribution >= 4 is 5.91 Å². The molecule has 0 spiro atoms. The number of hydrogen-bond donors (Lipinski definition) is 1. The highest BCUT2D eigenvalue weighted by Crippen LogP contribution is 2.19. The van der Waals surface area contributed by atoms with Gasteiger partial charge in [0, 0.05) is 19.5 Å². The summed E-state index contributed by atoms with van der Waals surface area (Å²) in [7, 11) is 0. The number of rotatable bonds is 2. The monoisotopic (exact) mass is 224 g/mol. The molecule has 92 valence electrons. The maximum Gasteiger partial charge on any atom is 0.222 e. The fourth-order valence-electron chi connectivity index (χ4n) is 2.78. The Balaban J connectivity index is 1.78. The molecule has 0 aliphatic carbocycles. The Bertz CT molecular complexity index is 236. The van der Waals surface area contributed by atoms with E-state index in [0.717, 1.165) is 38.5 Å². The summed E-state index contributed by atoms with van der Waals surface area (Å²) in [5, 5.41) is 3.33. The van der Waals surface area contributed by atoms with Crippen molar-refractivity contribution in [2.45, 2.75) is 39.0 Å². The second-order valence-corrected chi connectivity index (χ2v) is 5.48. The van der Waals surface area contributed by atoms with Crippen molar-refractivity contribution < 1.29 is 4.79 Å². The first kappa shape index (κ1) is 11.9. The number of nitrogens with zero attached hydrogens (tertiary/aromatic N) is 1. The van der Waals surface area contributed by atoms with Crippen molar-refractivity contribution in [3.05, 3.63) is 0 Å². The molecule has 2 unspecified atom stereocenters. The minimum Gasteiger partial charge on any atom is -0.343 e. The van der Waals surface area contributed by atoms with Gasteiger partial charge in [-0.1, -0.05) is 6.92 Å². The van der Waals surface area contributed by atoms with E-state index >= 15 is 0 Å². The van der Waals surface area contributed by atoms with Crippen LogP contribution in [0.5, 0.6) is 0 Å². The molecular formula is C13H24N2O. The molecule has 0 aromatic heterocycles. The lowest BCUT2D eigenvalue weighted by atomic mass is 10.0. The smallest absolute Gasteiger partial charge is 0.222 e. The molecule has 0 aromatic rings. The van der Waals surface area contributed by atoms with Gasteiger partial charge in [0.05, 0.1) is 0 Å². The van der Waals surface area contributed by atoms with E-state index < -0.39 is 0 Å². The molecule has 2 aliphatic rings. The molecule has 0 saturated carbocycles. The van der Waals surface area contributed by atoms with Crippen molar-refractivity contribution in [2.24, 2.45) is 11.8 Å². The maximum atomic E-state index is 12.1. The van der Waals surface area contributed by atoms with E-state index in [9.17, 15) is 4.79 Å². The van der Waals surface area contributed by atoms with Gasteiger partial charge in [-0.25, -0.2) is 0 Å². The van der Waals surface area contributed by atoms with Crippen molar-refractivity contribution in [3.63, 3.8) is 0 Å². The van der Waals surface area contributed by atoms with Crippen LogP contribution in [0.1, 0.15) is 39.0 Å². The zero-order valence-corrected chi connectivity index (χ0v) is 10.4. The lowest BCUT2D eigenvalue weighted by Gasteiger charge is -2.22. The van der Waals surface area contributed by atoms with Gasteiger partial charge in [0.25, 0.3) is 0 Å². The molecular weight excluding hydrogens is 200 g/mol. The van der Waals surface area contributed by atoms with Crippen molar-refractivity contribution in [1.82, 2.24) is 10.2 Å². The molecule has 0 bridgehead atoms. The largest absolute Gasteiger partial charge is 0.343 e. The van der Waals surface area contributed by atoms with Crippen LogP contribution in [0.2, 0.25) is 0 Å². The van der Waals surface area contributed by atoms with E-state index in [1.54, 1.807) is 0 Å². The van der Waals surface area contributed by atoms with Gasteiger partial charge in [0.1, 0.15) is 0 Å². The minimum absolute atomic E-state index is 0.391. The van der Waals surface area contributed by atoms with Gasteiger partial charge in [-0.2, -0.15) is 0 Å². The molecule has 2 aliphatic heterocycles. The summed E-state index contributed by atoms with van der Waals surface area (Å²) < 4.78 is 0. The lowest BCUT2D eigenvalue weighted by molar-refractivity contribution is -0.132. The number of nitrogens with one attached hydrogen (secondary N) is 1. The summed E-state index contributed by atoms with van der Waals surface area (Å²) in [5.74, 6) is 1.78. The van der Waals surface area contributed by atoms with Crippen LogP contribution in [0.3, 0.4) is 0 Å². The zero-order chi connectivity index (χ0) is 11.4. The fraction of sp³-hybridized carbons (Fsp3) is 0.923. The topological polar surface area (TPSA) is 32.3 Å². The number of hydrogen-bond acceptors (Lipinski definition) is 2. The highest BCUT2D eigenvalue weighted by atomic mass is 16.2. The summed E-state index contributed by atoms with van der Waals surface area (Å²) in [6, 6.07) is 0. The molecule has 2 heterocycles. The van der Waals surface area contributed by atoms with Gasteiger partial charge in [-0.05, 0) is 50.6 Å². The van der Waals surface area contributed by atoms with E-state index in [1.165, 1.54) is 25.7 Å². The Morgan fingerprint density at radius 1 is 1.31 bits per heavy atom. The Morgan fingerprint density at radius 2 is 2.19 bits per heavy atom. The molecule has 1 amide bonds. The number of carbonyl (C=O) groups excluding carboxylic acids is 1. The standard InChI is InChI=1S/C13H24N2O/c1-11-3-2-7-15(8-5-11)13(16)9-12-4-6-14-10-12/h11-12,14H,2-10H2,1H3. The third-order valence-corrected chi connectivity index (χ3v) is 4.00. The summed E-state index contributed by atoms with van der Waals surface area (Å²) in [6.07, 6.45) is 5.61. The molecule has 0 radical (unpaired) electrons. The van der Waals surface area contributed by atoms with Crippen LogP contribution in [-0.4, -0.2) is 37.0 Å². The third-order valence-electron chi connectivity index (χ3n) is 4.00. The predicted octanol–water partition coefficient (Wildman–Crippen LogP) is 1.63. The zero-order valence-electron chi connectivity index (χ0n) is 10.4. The van der Waals surface area contributed by atoms with Crippen molar-refractivity contribution in [2.75, 3.05) is 26.2 Å². The Morgan fingerprint density at radius 3 is 2.94 bits per heavy atom. The molecule has 3 heteroatoms. The van der Waals surface area contributed by atoms with Gasteiger partial charge in [-0.3, -0.25) is 4.79 Å². The summed E-state index contributed by atoms with van der Waals surface area (Å²) in [5.41, 5.74) is 0. The molecule has 0 aromatic carbocycles. The van der Waals surface area contributed by atoms with Crippen LogP contribution in [0.15, 0.2) is 0 Å². The second kappa shape index (κ2) is 5.67. The van der Waals surface area contributed by atoms with Crippen LogP contribution < -0.4 is 5.32 Å².